The van der Waals surface area contributed by atoms with Crippen molar-refractivity contribution in [1.82, 2.24) is 4.98 Å². The Labute approximate surface area is 107 Å². The van der Waals surface area contributed by atoms with E-state index in [1.165, 1.54) is 11.1 Å². The first-order chi connectivity index (χ1) is 8.75. The molecule has 0 spiro atoms. The van der Waals surface area contributed by atoms with Gasteiger partial charge in [0.15, 0.2) is 0 Å². The molecule has 1 aliphatic rings. The Kier molecular flexibility index (Phi) is 2.59. The van der Waals surface area contributed by atoms with E-state index in [1.807, 2.05) is 31.3 Å². The number of nitrogens with zero attached hydrogens (tertiary/aromatic N) is 3. The molecule has 0 unspecified atom stereocenters. The third-order valence-corrected chi connectivity index (χ3v) is 3.16. The Bertz CT molecular complexity index is 615. The predicted octanol–water partition coefficient (Wildman–Crippen LogP) is 2.50. The zero-order valence-electron chi connectivity index (χ0n) is 10.6. The fraction of sp³-hybridized carbons (Fsp3) is 0.200. The first-order valence-electron chi connectivity index (χ1n) is 6.02. The highest BCUT2D eigenvalue weighted by Gasteiger charge is 2.17. The quantitative estimate of drug-likeness (QED) is 0.803. The van der Waals surface area contributed by atoms with Crippen molar-refractivity contribution in [3.63, 3.8) is 0 Å². The molecule has 0 saturated heterocycles. The standard InChI is InChI=1S/C15H15N3/c1-18(2)14-9-11(7-8-16-14)15-13-6-4-3-5-12(13)10-17-15/h3-9H,10H2,1-2H3. The van der Waals surface area contributed by atoms with E-state index >= 15 is 0 Å². The summed E-state index contributed by atoms with van der Waals surface area (Å²) in [4.78, 5) is 11.0. The lowest BCUT2D eigenvalue weighted by Gasteiger charge is -2.12. The molecule has 0 radical (unpaired) electrons. The van der Waals surface area contributed by atoms with Gasteiger partial charge < -0.3 is 4.90 Å². The number of aliphatic imine (C=N–C) groups is 1. The summed E-state index contributed by atoms with van der Waals surface area (Å²) in [7, 11) is 3.99. The number of hydrogen-bond donors (Lipinski definition) is 0. The Morgan fingerprint density at radius 3 is 2.78 bits per heavy atom. The van der Waals surface area contributed by atoms with Gasteiger partial charge in [-0.2, -0.15) is 0 Å². The van der Waals surface area contributed by atoms with Crippen LogP contribution >= 0.6 is 0 Å². The van der Waals surface area contributed by atoms with Crippen molar-refractivity contribution >= 4 is 11.5 Å². The van der Waals surface area contributed by atoms with Gasteiger partial charge in [0.1, 0.15) is 5.82 Å². The van der Waals surface area contributed by atoms with Crippen LogP contribution in [0.4, 0.5) is 5.82 Å². The summed E-state index contributed by atoms with van der Waals surface area (Å²) in [5.74, 6) is 0.958. The highest BCUT2D eigenvalue weighted by molar-refractivity contribution is 6.15. The molecule has 2 aromatic rings. The molecule has 3 heteroatoms. The lowest BCUT2D eigenvalue weighted by molar-refractivity contribution is 1.07. The monoisotopic (exact) mass is 237 g/mol. The van der Waals surface area contributed by atoms with Crippen LogP contribution in [0.3, 0.4) is 0 Å². The number of benzene rings is 1. The molecule has 0 bridgehead atoms. The molecule has 0 N–H and O–H groups in total. The topological polar surface area (TPSA) is 28.5 Å². The van der Waals surface area contributed by atoms with Crippen LogP contribution in [0.25, 0.3) is 0 Å². The highest BCUT2D eigenvalue weighted by atomic mass is 15.1. The lowest BCUT2D eigenvalue weighted by atomic mass is 10.0. The van der Waals surface area contributed by atoms with Gasteiger partial charge in [-0.1, -0.05) is 24.3 Å². The molecule has 18 heavy (non-hydrogen) atoms. The number of hydrogen-bond acceptors (Lipinski definition) is 3. The van der Waals surface area contributed by atoms with E-state index in [-0.39, 0.29) is 0 Å². The molecular formula is C15H15N3. The van der Waals surface area contributed by atoms with Crippen molar-refractivity contribution < 1.29 is 0 Å². The Balaban J connectivity index is 2.05. The maximum atomic E-state index is 4.64. The van der Waals surface area contributed by atoms with Gasteiger partial charge in [0, 0.05) is 31.4 Å². The fourth-order valence-electron chi connectivity index (χ4n) is 2.20. The number of aromatic nitrogens is 1. The molecule has 0 saturated carbocycles. The summed E-state index contributed by atoms with van der Waals surface area (Å²) in [6.07, 6.45) is 1.84. The second-order valence-electron chi connectivity index (χ2n) is 4.62. The maximum absolute atomic E-state index is 4.64. The van der Waals surface area contributed by atoms with E-state index in [1.54, 1.807) is 0 Å². The van der Waals surface area contributed by atoms with Gasteiger partial charge in [0.05, 0.1) is 12.3 Å². The molecule has 3 rings (SSSR count). The molecule has 1 aromatic heterocycles. The summed E-state index contributed by atoms with van der Waals surface area (Å²) in [5.41, 5.74) is 4.76. The van der Waals surface area contributed by atoms with E-state index in [9.17, 15) is 0 Å². The average Bonchev–Trinajstić information content (AvgIpc) is 2.82. The van der Waals surface area contributed by atoms with Gasteiger partial charge in [-0.05, 0) is 17.7 Å². The largest absolute Gasteiger partial charge is 0.363 e. The van der Waals surface area contributed by atoms with Crippen LogP contribution in [0.5, 0.6) is 0 Å². The Hall–Kier alpha value is -2.16. The molecule has 0 amide bonds. The van der Waals surface area contributed by atoms with Crippen molar-refractivity contribution in [1.29, 1.82) is 0 Å². The van der Waals surface area contributed by atoms with Crippen LogP contribution in [0, 0.1) is 0 Å². The average molecular weight is 237 g/mol. The summed E-state index contributed by atoms with van der Waals surface area (Å²) >= 11 is 0. The molecule has 0 fully saturated rings. The SMILES string of the molecule is CN(C)c1cc(C2=NCc3ccccc32)ccn1. The fourth-order valence-corrected chi connectivity index (χ4v) is 2.20. The molecule has 0 aliphatic carbocycles. The van der Waals surface area contributed by atoms with Crippen LogP contribution in [-0.4, -0.2) is 24.8 Å². The molecule has 90 valence electrons. The van der Waals surface area contributed by atoms with Crippen LogP contribution < -0.4 is 4.90 Å². The van der Waals surface area contributed by atoms with E-state index in [0.29, 0.717) is 0 Å². The van der Waals surface area contributed by atoms with Gasteiger partial charge in [-0.15, -0.1) is 0 Å². The van der Waals surface area contributed by atoms with Crippen molar-refractivity contribution in [3.8, 4) is 0 Å². The van der Waals surface area contributed by atoms with E-state index in [2.05, 4.69) is 40.3 Å². The third-order valence-electron chi connectivity index (χ3n) is 3.16. The predicted molar refractivity (Wildman–Crippen MR) is 74.3 cm³/mol. The van der Waals surface area contributed by atoms with Gasteiger partial charge in [-0.3, -0.25) is 4.99 Å². The van der Waals surface area contributed by atoms with Crippen LogP contribution in [-0.2, 0) is 6.54 Å². The van der Waals surface area contributed by atoms with Crippen molar-refractivity contribution in [2.75, 3.05) is 19.0 Å². The van der Waals surface area contributed by atoms with Gasteiger partial charge in [0.25, 0.3) is 0 Å². The number of rotatable bonds is 2. The van der Waals surface area contributed by atoms with E-state index in [0.717, 1.165) is 23.6 Å². The second kappa shape index (κ2) is 4.26. The van der Waals surface area contributed by atoms with Crippen LogP contribution in [0.2, 0.25) is 0 Å². The summed E-state index contributed by atoms with van der Waals surface area (Å²) in [6, 6.07) is 12.5. The summed E-state index contributed by atoms with van der Waals surface area (Å²) in [5, 5.41) is 0. The normalized spacial score (nSPS) is 13.1. The molecule has 1 aromatic carbocycles. The number of fused-ring (bicyclic) bond motifs is 1. The van der Waals surface area contributed by atoms with Gasteiger partial charge in [0.2, 0.25) is 0 Å². The van der Waals surface area contributed by atoms with E-state index in [4.69, 9.17) is 0 Å². The van der Waals surface area contributed by atoms with Crippen LogP contribution in [0.15, 0.2) is 47.6 Å². The smallest absolute Gasteiger partial charge is 0.128 e. The number of pyridine rings is 1. The van der Waals surface area contributed by atoms with Crippen LogP contribution in [0.1, 0.15) is 16.7 Å². The Morgan fingerprint density at radius 1 is 1.11 bits per heavy atom. The Morgan fingerprint density at radius 2 is 1.94 bits per heavy atom. The number of anilines is 1. The van der Waals surface area contributed by atoms with E-state index < -0.39 is 0 Å². The van der Waals surface area contributed by atoms with Gasteiger partial charge >= 0.3 is 0 Å². The highest BCUT2D eigenvalue weighted by Crippen LogP contribution is 2.23. The first-order valence-corrected chi connectivity index (χ1v) is 6.02. The summed E-state index contributed by atoms with van der Waals surface area (Å²) < 4.78 is 0. The zero-order valence-corrected chi connectivity index (χ0v) is 10.6. The van der Waals surface area contributed by atoms with Crippen molar-refractivity contribution in [2.24, 2.45) is 4.99 Å². The molecule has 3 nitrogen and oxygen atoms in total. The zero-order chi connectivity index (χ0) is 12.5. The molecule has 2 heterocycles. The first kappa shape index (κ1) is 11.0. The maximum Gasteiger partial charge on any atom is 0.128 e. The minimum absolute atomic E-state index is 0.783. The minimum atomic E-state index is 0.783. The third kappa shape index (κ3) is 1.78. The van der Waals surface area contributed by atoms with Crippen molar-refractivity contribution in [3.05, 3.63) is 59.3 Å². The second-order valence-corrected chi connectivity index (χ2v) is 4.62. The lowest BCUT2D eigenvalue weighted by Crippen LogP contribution is -2.11. The molecular weight excluding hydrogens is 222 g/mol. The van der Waals surface area contributed by atoms with Gasteiger partial charge in [-0.25, -0.2) is 4.98 Å². The van der Waals surface area contributed by atoms with Crippen molar-refractivity contribution in [2.45, 2.75) is 6.54 Å². The summed E-state index contributed by atoms with van der Waals surface area (Å²) in [6.45, 7) is 0.783. The molecule has 0 atom stereocenters. The minimum Gasteiger partial charge on any atom is -0.363 e. The molecule has 1 aliphatic heterocycles.